The van der Waals surface area contributed by atoms with Gasteiger partial charge in [-0.15, -0.1) is 11.3 Å². The van der Waals surface area contributed by atoms with E-state index in [1.165, 1.54) is 98.1 Å². The highest BCUT2D eigenvalue weighted by atomic mass is 32.1. The van der Waals surface area contributed by atoms with Crippen LogP contribution in [0.2, 0.25) is 0 Å². The second kappa shape index (κ2) is 26.0. The van der Waals surface area contributed by atoms with Crippen molar-refractivity contribution in [2.24, 2.45) is 0 Å². The van der Waals surface area contributed by atoms with E-state index >= 15 is 0 Å². The summed E-state index contributed by atoms with van der Waals surface area (Å²) in [5, 5.41) is 7.02. The van der Waals surface area contributed by atoms with Gasteiger partial charge in [-0.1, -0.05) is 315 Å². The summed E-state index contributed by atoms with van der Waals surface area (Å²) in [6.07, 6.45) is 0. The number of para-hydroxylation sites is 4. The van der Waals surface area contributed by atoms with Gasteiger partial charge in [-0.3, -0.25) is 0 Å². The third kappa shape index (κ3) is 10.2. The zero-order valence-electron chi connectivity index (χ0n) is 59.4. The van der Waals surface area contributed by atoms with Crippen LogP contribution in [0, 0.1) is 0 Å². The Morgan fingerprint density at radius 1 is 0.220 bits per heavy atom. The van der Waals surface area contributed by atoms with Crippen LogP contribution >= 0.6 is 11.3 Å². The van der Waals surface area contributed by atoms with Crippen LogP contribution in [0.25, 0.3) is 109 Å². The van der Waals surface area contributed by atoms with Crippen LogP contribution in [-0.4, -0.2) is 0 Å². The molecule has 0 unspecified atom stereocenters. The molecule has 0 spiro atoms. The van der Waals surface area contributed by atoms with Crippen molar-refractivity contribution in [3.8, 4) is 44.5 Å². The minimum atomic E-state index is -0.474. The average Bonchev–Trinajstić information content (AvgIpc) is 1.55. The Labute approximate surface area is 636 Å². The quantitative estimate of drug-likeness (QED) is 0.122. The van der Waals surface area contributed by atoms with Gasteiger partial charge in [0.05, 0.1) is 21.2 Å². The topological polar surface area (TPSA) is 32.8 Å². The molecule has 22 rings (SSSR count). The third-order valence-corrected chi connectivity index (χ3v) is 23.9. The number of hydrogen-bond acceptors (Lipinski definition) is 5. The highest BCUT2D eigenvalue weighted by Gasteiger charge is 2.48. The minimum absolute atomic E-state index is 0.431. The van der Waals surface area contributed by atoms with Gasteiger partial charge in [0.1, 0.15) is 22.3 Å². The molecule has 2 aliphatic rings. The molecule has 0 fully saturated rings. The van der Waals surface area contributed by atoms with Gasteiger partial charge in [0.2, 0.25) is 0 Å². The number of benzene rings is 17. The summed E-state index contributed by atoms with van der Waals surface area (Å²) < 4.78 is 15.8. The zero-order chi connectivity index (χ0) is 72.0. The molecule has 0 radical (unpaired) electrons. The first-order chi connectivity index (χ1) is 54.1. The number of rotatable bonds is 12. The van der Waals surface area contributed by atoms with E-state index in [1.54, 1.807) is 0 Å². The largest absolute Gasteiger partial charge is 0.456 e. The number of nitrogens with zero attached hydrogens (tertiary/aromatic N) is 2. The predicted octanol–water partition coefficient (Wildman–Crippen LogP) is 28.5. The maximum atomic E-state index is 6.84. The molecule has 3 heterocycles. The van der Waals surface area contributed by atoms with E-state index < -0.39 is 10.8 Å². The van der Waals surface area contributed by atoms with Gasteiger partial charge in [-0.25, -0.2) is 0 Å². The Balaban J connectivity index is 0.000000139. The van der Waals surface area contributed by atoms with Crippen LogP contribution in [0.5, 0.6) is 0 Å². The first kappa shape index (κ1) is 63.6. The highest BCUT2D eigenvalue weighted by molar-refractivity contribution is 7.26. The molecule has 0 amide bonds. The summed E-state index contributed by atoms with van der Waals surface area (Å²) in [5.41, 5.74) is 29.3. The SMILES string of the molecule is c1ccc(-c2ccc(N(c3ccccc3)c3cccc(-c4cccc5c4oc4ccc(C6(c7ccccc7)c7ccccc7-c7ccccc76)cc45)c3)cc2)cc1.c1ccc(N(c2ccc3c(c2)oc2ccccc23)c2cccc3c2sc2cc(C4(c5ccccc5)c5ccccc5-c5ccccc54)ccc23)cc1. The molecule has 2 aliphatic carbocycles. The van der Waals surface area contributed by atoms with Crippen molar-refractivity contribution in [3.63, 3.8) is 0 Å². The number of anilines is 6. The van der Waals surface area contributed by atoms with E-state index in [1.807, 2.05) is 23.5 Å². The summed E-state index contributed by atoms with van der Waals surface area (Å²) in [6, 6.07) is 149. The second-order valence-corrected chi connectivity index (χ2v) is 29.5. The Morgan fingerprint density at radius 2 is 0.642 bits per heavy atom. The number of thiophene rings is 1. The lowest BCUT2D eigenvalue weighted by Gasteiger charge is -2.33. The van der Waals surface area contributed by atoms with E-state index in [4.69, 9.17) is 8.83 Å². The maximum Gasteiger partial charge on any atom is 0.143 e. The van der Waals surface area contributed by atoms with E-state index in [2.05, 4.69) is 410 Å². The fourth-order valence-electron chi connectivity index (χ4n) is 18.0. The van der Waals surface area contributed by atoms with Gasteiger partial charge in [0.25, 0.3) is 0 Å². The molecular formula is C104H68N2O2S. The van der Waals surface area contributed by atoms with Crippen molar-refractivity contribution in [1.29, 1.82) is 0 Å². The zero-order valence-corrected chi connectivity index (χ0v) is 60.2. The molecule has 0 aliphatic heterocycles. The monoisotopic (exact) mass is 1410 g/mol. The van der Waals surface area contributed by atoms with Crippen molar-refractivity contribution < 1.29 is 8.83 Å². The molecule has 109 heavy (non-hydrogen) atoms. The molecule has 17 aromatic carbocycles. The van der Waals surface area contributed by atoms with E-state index in [0.29, 0.717) is 0 Å². The molecular weight excluding hydrogens is 1340 g/mol. The average molecular weight is 1410 g/mol. The highest BCUT2D eigenvalue weighted by Crippen LogP contribution is 2.59. The van der Waals surface area contributed by atoms with Crippen LogP contribution in [0.4, 0.5) is 34.1 Å². The summed E-state index contributed by atoms with van der Waals surface area (Å²) >= 11 is 1.88. The normalized spacial score (nSPS) is 12.9. The van der Waals surface area contributed by atoms with Crippen LogP contribution < -0.4 is 9.80 Å². The summed E-state index contributed by atoms with van der Waals surface area (Å²) in [5.74, 6) is 0. The molecule has 0 saturated heterocycles. The van der Waals surface area contributed by atoms with E-state index in [9.17, 15) is 0 Å². The molecule has 4 nitrogen and oxygen atoms in total. The molecule has 0 atom stereocenters. The number of fused-ring (bicyclic) bond motifs is 15. The molecule has 3 aromatic heterocycles. The molecule has 0 bridgehead atoms. The lowest BCUT2D eigenvalue weighted by Crippen LogP contribution is -2.28. The Morgan fingerprint density at radius 3 is 1.28 bits per heavy atom. The predicted molar refractivity (Wildman–Crippen MR) is 455 cm³/mol. The van der Waals surface area contributed by atoms with E-state index in [-0.39, 0.29) is 0 Å². The van der Waals surface area contributed by atoms with Gasteiger partial charge in [0, 0.05) is 77.1 Å². The molecule has 0 saturated carbocycles. The second-order valence-electron chi connectivity index (χ2n) is 28.5. The van der Waals surface area contributed by atoms with Crippen LogP contribution in [0.3, 0.4) is 0 Å². The first-order valence-electron chi connectivity index (χ1n) is 37.4. The smallest absolute Gasteiger partial charge is 0.143 e. The lowest BCUT2D eigenvalue weighted by atomic mass is 9.67. The van der Waals surface area contributed by atoms with Gasteiger partial charge in [0.15, 0.2) is 0 Å². The number of hydrogen-bond donors (Lipinski definition) is 0. The lowest BCUT2D eigenvalue weighted by molar-refractivity contribution is 0.668. The summed E-state index contributed by atoms with van der Waals surface area (Å²) in [7, 11) is 0. The van der Waals surface area contributed by atoms with Crippen LogP contribution in [0.15, 0.2) is 421 Å². The van der Waals surface area contributed by atoms with Crippen molar-refractivity contribution in [3.05, 3.63) is 457 Å². The maximum absolute atomic E-state index is 6.84. The first-order valence-corrected chi connectivity index (χ1v) is 38.2. The minimum Gasteiger partial charge on any atom is -0.456 e. The Bertz CT molecular complexity index is 6770. The molecule has 5 heteroatoms. The van der Waals surface area contributed by atoms with Crippen molar-refractivity contribution in [2.45, 2.75) is 10.8 Å². The van der Waals surface area contributed by atoms with Gasteiger partial charge in [-0.2, -0.15) is 0 Å². The fourth-order valence-corrected chi connectivity index (χ4v) is 19.2. The van der Waals surface area contributed by atoms with Gasteiger partial charge in [-0.05, 0) is 174 Å². The van der Waals surface area contributed by atoms with Crippen molar-refractivity contribution in [1.82, 2.24) is 0 Å². The van der Waals surface area contributed by atoms with E-state index in [0.717, 1.165) is 89.1 Å². The standard InChI is InChI=1S/C55H37NO.C49H31NOS/c1-4-16-38(17-5-1)39-30-33-44(34-31-39)56(43-21-8-3-9-22-43)45-23-14-18-40(36-45)46-26-15-27-49-50-37-42(32-35-53(50)57-54(46)49)55(41-19-6-2-7-20-41)51-28-12-10-24-47(51)48-25-11-13-29-52(48)55;1-3-14-32(15-4-1)49(42-22-10-7-18-36(42)37-19-8-11-23-43(37)49)33-26-28-40-41-21-13-24-44(48(41)52-47(40)30-33)50(34-16-5-2-6-17-34)35-27-29-39-38-20-9-12-25-45(38)51-46(39)31-35/h1-37H;1-31H. The van der Waals surface area contributed by atoms with Crippen LogP contribution in [-0.2, 0) is 10.8 Å². The summed E-state index contributed by atoms with van der Waals surface area (Å²) in [6.45, 7) is 0. The fraction of sp³-hybridized carbons (Fsp3) is 0.0192. The molecule has 0 N–H and O–H groups in total. The van der Waals surface area contributed by atoms with Gasteiger partial charge < -0.3 is 18.6 Å². The Kier molecular flexibility index (Phi) is 15.2. The Hall–Kier alpha value is -13.8. The van der Waals surface area contributed by atoms with Crippen molar-refractivity contribution >= 4 is 110 Å². The molecule has 20 aromatic rings. The van der Waals surface area contributed by atoms with Crippen LogP contribution in [0.1, 0.15) is 44.5 Å². The number of furan rings is 2. The summed E-state index contributed by atoms with van der Waals surface area (Å²) in [4.78, 5) is 4.70. The van der Waals surface area contributed by atoms with Gasteiger partial charge >= 0.3 is 0 Å². The molecule has 512 valence electrons. The van der Waals surface area contributed by atoms with Crippen molar-refractivity contribution in [2.75, 3.05) is 9.80 Å². The third-order valence-electron chi connectivity index (χ3n) is 22.7.